The molecule has 2 aliphatic rings. The largest absolute Gasteiger partial charge is 0.453 e. The number of aryl methyl sites for hydroxylation is 2. The molecule has 2 heterocycles. The molecule has 236 valence electrons. The third-order valence-corrected chi connectivity index (χ3v) is 7.78. The number of aromatic nitrogens is 2. The molecule has 0 radical (unpaired) electrons. The molecule has 1 aliphatic heterocycles. The van der Waals surface area contributed by atoms with Gasteiger partial charge in [-0.25, -0.2) is 9.97 Å². The summed E-state index contributed by atoms with van der Waals surface area (Å²) >= 11 is 0. The minimum absolute atomic E-state index is 0.0670. The molecule has 3 amide bonds. The number of amides is 3. The Balaban J connectivity index is 1.27. The molecule has 4 aromatic rings. The lowest BCUT2D eigenvalue weighted by atomic mass is 9.99. The quantitative estimate of drug-likeness (QED) is 0.203. The summed E-state index contributed by atoms with van der Waals surface area (Å²) in [6.07, 6.45) is -1.35. The number of benzene rings is 3. The highest BCUT2D eigenvalue weighted by atomic mass is 19.4. The summed E-state index contributed by atoms with van der Waals surface area (Å²) in [4.78, 5) is 54.2. The number of nitrogens with zero attached hydrogens (tertiary/aromatic N) is 3. The van der Waals surface area contributed by atoms with E-state index in [-0.39, 0.29) is 47.3 Å². The maximum atomic E-state index is 13.9. The van der Waals surface area contributed by atoms with Crippen LogP contribution < -0.4 is 10.1 Å². The monoisotopic (exact) mass is 630 g/mol. The lowest BCUT2D eigenvalue weighted by Gasteiger charge is -2.23. The van der Waals surface area contributed by atoms with E-state index in [1.54, 1.807) is 12.1 Å². The zero-order valence-corrected chi connectivity index (χ0v) is 24.9. The van der Waals surface area contributed by atoms with Crippen molar-refractivity contribution in [3.05, 3.63) is 118 Å². The van der Waals surface area contributed by atoms with E-state index < -0.39 is 35.5 Å². The molecule has 3 aromatic carbocycles. The van der Waals surface area contributed by atoms with Crippen molar-refractivity contribution in [2.75, 3.05) is 6.61 Å². The second-order valence-corrected chi connectivity index (χ2v) is 11.4. The van der Waals surface area contributed by atoms with Crippen LogP contribution in [-0.4, -0.2) is 45.4 Å². The molecule has 9 nitrogen and oxygen atoms in total. The van der Waals surface area contributed by atoms with Gasteiger partial charge in [0.05, 0.1) is 35.5 Å². The third kappa shape index (κ3) is 6.62. The first-order valence-corrected chi connectivity index (χ1v) is 14.7. The summed E-state index contributed by atoms with van der Waals surface area (Å²) in [7, 11) is 0. The fourth-order valence-electron chi connectivity index (χ4n) is 5.22. The van der Waals surface area contributed by atoms with Crippen molar-refractivity contribution in [2.24, 2.45) is 0 Å². The number of hydrogen-bond donors (Lipinski definition) is 1. The van der Waals surface area contributed by atoms with Crippen LogP contribution in [0.15, 0.2) is 72.9 Å². The summed E-state index contributed by atoms with van der Waals surface area (Å²) in [6, 6.07) is 15.7. The van der Waals surface area contributed by atoms with Gasteiger partial charge in [0.1, 0.15) is 11.6 Å². The molecular formula is C34H29F3N4O5. The van der Waals surface area contributed by atoms with E-state index in [4.69, 9.17) is 9.57 Å². The van der Waals surface area contributed by atoms with Crippen LogP contribution in [0.25, 0.3) is 0 Å². The van der Waals surface area contributed by atoms with Crippen LogP contribution in [0, 0.1) is 13.8 Å². The molecule has 12 heteroatoms. The molecule has 0 bridgehead atoms. The number of fused-ring (bicyclic) bond motifs is 1. The van der Waals surface area contributed by atoms with Gasteiger partial charge >= 0.3 is 6.18 Å². The van der Waals surface area contributed by atoms with Crippen molar-refractivity contribution in [3.63, 3.8) is 0 Å². The van der Waals surface area contributed by atoms with E-state index in [1.807, 2.05) is 32.0 Å². The number of halogens is 3. The van der Waals surface area contributed by atoms with E-state index >= 15 is 0 Å². The SMILES string of the molecule is Cc1ccc(C[C@H](CON2C(=O)c3ccccc3C2=O)NC(=O)c2nc(C3CC3)ncc2Oc2cccc(C(F)(F)F)c2)c(C)c1. The fourth-order valence-corrected chi connectivity index (χ4v) is 5.22. The number of hydroxylamine groups is 2. The average Bonchev–Trinajstić information content (AvgIpc) is 3.84. The Morgan fingerprint density at radius 3 is 2.37 bits per heavy atom. The third-order valence-electron chi connectivity index (χ3n) is 7.78. The van der Waals surface area contributed by atoms with Crippen molar-refractivity contribution in [1.82, 2.24) is 20.3 Å². The molecule has 0 spiro atoms. The Kier molecular flexibility index (Phi) is 8.30. The Morgan fingerprint density at radius 2 is 1.72 bits per heavy atom. The summed E-state index contributed by atoms with van der Waals surface area (Å²) in [5.41, 5.74) is 2.26. The number of alkyl halides is 3. The van der Waals surface area contributed by atoms with E-state index in [0.717, 1.165) is 41.7 Å². The minimum atomic E-state index is -4.59. The van der Waals surface area contributed by atoms with E-state index in [9.17, 15) is 27.6 Å². The van der Waals surface area contributed by atoms with Crippen molar-refractivity contribution >= 4 is 17.7 Å². The topological polar surface area (TPSA) is 111 Å². The Bertz CT molecular complexity index is 1800. The van der Waals surface area contributed by atoms with Crippen LogP contribution >= 0.6 is 0 Å². The van der Waals surface area contributed by atoms with Crippen LogP contribution in [0.5, 0.6) is 11.5 Å². The zero-order valence-electron chi connectivity index (χ0n) is 24.9. The Labute approximate surface area is 262 Å². The Hall–Kier alpha value is -5.10. The zero-order chi connectivity index (χ0) is 32.6. The van der Waals surface area contributed by atoms with Crippen LogP contribution in [0.2, 0.25) is 0 Å². The molecule has 1 fully saturated rings. The van der Waals surface area contributed by atoms with Gasteiger partial charge < -0.3 is 10.1 Å². The predicted molar refractivity (Wildman–Crippen MR) is 159 cm³/mol. The van der Waals surface area contributed by atoms with Gasteiger partial charge in [-0.15, -0.1) is 5.06 Å². The van der Waals surface area contributed by atoms with Crippen molar-refractivity contribution in [1.29, 1.82) is 0 Å². The second kappa shape index (κ2) is 12.4. The van der Waals surface area contributed by atoms with Crippen molar-refractivity contribution in [2.45, 2.75) is 51.2 Å². The first-order chi connectivity index (χ1) is 22.0. The predicted octanol–water partition coefficient (Wildman–Crippen LogP) is 6.35. The molecular weight excluding hydrogens is 601 g/mol. The van der Waals surface area contributed by atoms with Gasteiger partial charge in [-0.1, -0.05) is 42.0 Å². The highest BCUT2D eigenvalue weighted by Crippen LogP contribution is 2.39. The lowest BCUT2D eigenvalue weighted by molar-refractivity contribution is -0.137. The van der Waals surface area contributed by atoms with Crippen LogP contribution in [0.3, 0.4) is 0 Å². The Morgan fingerprint density at radius 1 is 1.00 bits per heavy atom. The summed E-state index contributed by atoms with van der Waals surface area (Å²) in [5.74, 6) is -1.70. The van der Waals surface area contributed by atoms with E-state index in [0.29, 0.717) is 10.9 Å². The molecule has 1 aliphatic carbocycles. The first kappa shape index (κ1) is 30.9. The van der Waals surface area contributed by atoms with Gasteiger partial charge in [0.15, 0.2) is 11.4 Å². The fraction of sp³-hybridized carbons (Fsp3) is 0.265. The van der Waals surface area contributed by atoms with Gasteiger partial charge in [-0.2, -0.15) is 13.2 Å². The number of nitrogens with one attached hydrogen (secondary N) is 1. The smallest absolute Gasteiger partial charge is 0.416 e. The highest BCUT2D eigenvalue weighted by Gasteiger charge is 2.37. The number of ether oxygens (including phenoxy) is 1. The molecule has 1 N–H and O–H groups in total. The molecule has 0 saturated heterocycles. The standard InChI is InChI=1S/C34H29F3N4O5/c1-19-10-11-22(20(2)14-19)15-24(18-45-41-32(43)26-8-3-4-9-27(26)33(41)44)39-31(42)29-28(17-38-30(40-29)21-12-13-21)46-25-7-5-6-23(16-25)34(35,36)37/h3-11,14,16-17,21,24H,12-13,15,18H2,1-2H3,(H,39,42)/t24-/m1/s1. The molecule has 1 saturated carbocycles. The molecule has 6 rings (SSSR count). The number of carbonyl (C=O) groups excluding carboxylic acids is 3. The van der Waals surface area contributed by atoms with Gasteiger partial charge in [0.2, 0.25) is 0 Å². The van der Waals surface area contributed by atoms with Gasteiger partial charge in [0.25, 0.3) is 17.7 Å². The van der Waals surface area contributed by atoms with E-state index in [1.165, 1.54) is 30.5 Å². The van der Waals surface area contributed by atoms with Crippen molar-refractivity contribution in [3.8, 4) is 11.5 Å². The molecule has 46 heavy (non-hydrogen) atoms. The van der Waals surface area contributed by atoms with Gasteiger partial charge in [-0.05, 0) is 74.6 Å². The molecule has 1 atom stereocenters. The number of imide groups is 1. The average molecular weight is 631 g/mol. The van der Waals surface area contributed by atoms with Gasteiger partial charge in [0, 0.05) is 5.92 Å². The summed E-state index contributed by atoms with van der Waals surface area (Å²) < 4.78 is 45.8. The normalized spacial score (nSPS) is 15.1. The van der Waals surface area contributed by atoms with Gasteiger partial charge in [-0.3, -0.25) is 19.2 Å². The summed E-state index contributed by atoms with van der Waals surface area (Å²) in [6.45, 7) is 3.63. The summed E-state index contributed by atoms with van der Waals surface area (Å²) in [5, 5.41) is 3.57. The molecule has 1 aromatic heterocycles. The number of carbonyl (C=O) groups is 3. The maximum absolute atomic E-state index is 13.9. The lowest BCUT2D eigenvalue weighted by Crippen LogP contribution is -2.43. The van der Waals surface area contributed by atoms with Crippen LogP contribution in [-0.2, 0) is 17.4 Å². The number of rotatable bonds is 10. The van der Waals surface area contributed by atoms with E-state index in [2.05, 4.69) is 15.3 Å². The minimum Gasteiger partial charge on any atom is -0.453 e. The van der Waals surface area contributed by atoms with Crippen LogP contribution in [0.4, 0.5) is 13.2 Å². The molecule has 0 unspecified atom stereocenters. The van der Waals surface area contributed by atoms with Crippen molar-refractivity contribution < 1.29 is 37.1 Å². The maximum Gasteiger partial charge on any atom is 0.416 e. The van der Waals surface area contributed by atoms with Crippen LogP contribution in [0.1, 0.15) is 78.0 Å². The first-order valence-electron chi connectivity index (χ1n) is 14.7. The highest BCUT2D eigenvalue weighted by molar-refractivity contribution is 6.20. The second-order valence-electron chi connectivity index (χ2n) is 11.4. The number of hydrogen-bond acceptors (Lipinski definition) is 7.